The molecule has 3 rings (SSSR count). The Morgan fingerprint density at radius 3 is 2.35 bits per heavy atom. The molecule has 0 aliphatic carbocycles. The van der Waals surface area contributed by atoms with Crippen molar-refractivity contribution in [3.63, 3.8) is 0 Å². The fourth-order valence-corrected chi connectivity index (χ4v) is 2.37. The van der Waals surface area contributed by atoms with Gasteiger partial charge in [0, 0.05) is 10.0 Å². The van der Waals surface area contributed by atoms with Gasteiger partial charge in [0.15, 0.2) is 0 Å². The minimum atomic E-state index is -0.0661. The Bertz CT molecular complexity index is 705. The van der Waals surface area contributed by atoms with Crippen molar-refractivity contribution in [2.45, 2.75) is 6.61 Å². The molecule has 0 saturated heterocycles. The van der Waals surface area contributed by atoms with Crippen LogP contribution in [0.4, 0.5) is 0 Å². The van der Waals surface area contributed by atoms with Crippen LogP contribution in [0.3, 0.4) is 0 Å². The molecule has 1 N–H and O–H groups in total. The van der Waals surface area contributed by atoms with E-state index in [0.717, 1.165) is 21.4 Å². The van der Waals surface area contributed by atoms with Crippen LogP contribution < -0.4 is 0 Å². The number of hydrogen-bond donors (Lipinski definition) is 1. The van der Waals surface area contributed by atoms with E-state index in [2.05, 4.69) is 21.0 Å². The molecule has 0 spiro atoms. The topological polar surface area (TPSA) is 38.0 Å². The number of aliphatic hydroxyl groups excluding tert-OH is 1. The molecule has 1 aromatic heterocycles. The molecule has 0 atom stereocenters. The zero-order chi connectivity index (χ0) is 13.9. The van der Waals surface area contributed by atoms with E-state index in [-0.39, 0.29) is 6.61 Å². The predicted octanol–water partition coefficient (Wildman–Crippen LogP) is 3.79. The van der Waals surface area contributed by atoms with Gasteiger partial charge in [-0.15, -0.1) is 0 Å². The molecule has 0 fully saturated rings. The fourth-order valence-electron chi connectivity index (χ4n) is 2.10. The summed E-state index contributed by atoms with van der Waals surface area (Å²) < 4.78 is 2.88. The summed E-state index contributed by atoms with van der Waals surface area (Å²) in [6.07, 6.45) is 0. The number of halogens is 1. The second-order valence-corrected chi connectivity index (χ2v) is 5.35. The average Bonchev–Trinajstić information content (AvgIpc) is 2.93. The molecule has 2 aromatic carbocycles. The largest absolute Gasteiger partial charge is 0.390 e. The maximum Gasteiger partial charge on any atom is 0.0889 e. The first-order chi connectivity index (χ1) is 9.78. The Hall–Kier alpha value is -1.91. The van der Waals surface area contributed by atoms with Gasteiger partial charge in [-0.25, -0.2) is 4.68 Å². The maximum absolute atomic E-state index is 9.33. The van der Waals surface area contributed by atoms with Gasteiger partial charge in [-0.2, -0.15) is 5.10 Å². The van der Waals surface area contributed by atoms with E-state index in [9.17, 15) is 5.11 Å². The zero-order valence-electron chi connectivity index (χ0n) is 10.7. The molecule has 3 aromatic rings. The van der Waals surface area contributed by atoms with Crippen molar-refractivity contribution in [3.8, 4) is 16.9 Å². The van der Waals surface area contributed by atoms with Crippen molar-refractivity contribution < 1.29 is 5.11 Å². The monoisotopic (exact) mass is 328 g/mol. The summed E-state index contributed by atoms with van der Waals surface area (Å²) in [5, 5.41) is 13.8. The van der Waals surface area contributed by atoms with Gasteiger partial charge in [0.1, 0.15) is 0 Å². The van der Waals surface area contributed by atoms with Crippen molar-refractivity contribution in [1.82, 2.24) is 9.78 Å². The highest BCUT2D eigenvalue weighted by molar-refractivity contribution is 9.10. The molecule has 0 unspecified atom stereocenters. The summed E-state index contributed by atoms with van der Waals surface area (Å²) in [5.74, 6) is 0. The van der Waals surface area contributed by atoms with Gasteiger partial charge in [-0.1, -0.05) is 46.3 Å². The van der Waals surface area contributed by atoms with Crippen LogP contribution in [0.5, 0.6) is 0 Å². The van der Waals surface area contributed by atoms with Gasteiger partial charge in [-0.05, 0) is 30.3 Å². The number of aromatic nitrogens is 2. The minimum Gasteiger partial charge on any atom is -0.390 e. The van der Waals surface area contributed by atoms with E-state index in [0.29, 0.717) is 5.69 Å². The summed E-state index contributed by atoms with van der Waals surface area (Å²) >= 11 is 3.43. The molecule has 1 heterocycles. The third kappa shape index (κ3) is 2.53. The van der Waals surface area contributed by atoms with Crippen molar-refractivity contribution in [2.75, 3.05) is 0 Å². The van der Waals surface area contributed by atoms with Gasteiger partial charge >= 0.3 is 0 Å². The molecule has 0 saturated carbocycles. The van der Waals surface area contributed by atoms with Crippen LogP contribution in [-0.4, -0.2) is 14.9 Å². The van der Waals surface area contributed by atoms with Crippen molar-refractivity contribution in [3.05, 3.63) is 70.8 Å². The first kappa shape index (κ1) is 13.1. The lowest BCUT2D eigenvalue weighted by molar-refractivity contribution is 0.276. The standard InChI is InChI=1S/C16H13BrN2O/c17-13-6-8-15(9-7-13)19-16(10-14(11-20)18-19)12-4-2-1-3-5-12/h1-10,20H,11H2. The lowest BCUT2D eigenvalue weighted by Gasteiger charge is -2.07. The highest BCUT2D eigenvalue weighted by Gasteiger charge is 2.10. The van der Waals surface area contributed by atoms with Crippen molar-refractivity contribution >= 4 is 15.9 Å². The van der Waals surface area contributed by atoms with Crippen LogP contribution in [-0.2, 0) is 6.61 Å². The molecule has 20 heavy (non-hydrogen) atoms. The lowest BCUT2D eigenvalue weighted by atomic mass is 10.1. The van der Waals surface area contributed by atoms with Gasteiger partial charge in [0.25, 0.3) is 0 Å². The number of rotatable bonds is 3. The molecular formula is C16H13BrN2O. The first-order valence-electron chi connectivity index (χ1n) is 6.29. The number of hydrogen-bond acceptors (Lipinski definition) is 2. The van der Waals surface area contributed by atoms with E-state index in [1.165, 1.54) is 0 Å². The third-order valence-corrected chi connectivity index (χ3v) is 3.59. The Balaban J connectivity index is 2.15. The van der Waals surface area contributed by atoms with Crippen LogP contribution in [0.2, 0.25) is 0 Å². The van der Waals surface area contributed by atoms with E-state index in [1.807, 2.05) is 65.3 Å². The second-order valence-electron chi connectivity index (χ2n) is 4.43. The van der Waals surface area contributed by atoms with Crippen LogP contribution in [0, 0.1) is 0 Å². The van der Waals surface area contributed by atoms with Gasteiger partial charge < -0.3 is 5.11 Å². The van der Waals surface area contributed by atoms with Gasteiger partial charge in [0.2, 0.25) is 0 Å². The molecule has 0 amide bonds. The predicted molar refractivity (Wildman–Crippen MR) is 82.6 cm³/mol. The van der Waals surface area contributed by atoms with E-state index >= 15 is 0 Å². The Morgan fingerprint density at radius 1 is 1.00 bits per heavy atom. The van der Waals surface area contributed by atoms with Crippen molar-refractivity contribution in [1.29, 1.82) is 0 Å². The Morgan fingerprint density at radius 2 is 1.70 bits per heavy atom. The fraction of sp³-hybridized carbons (Fsp3) is 0.0625. The second kappa shape index (κ2) is 5.61. The molecule has 0 radical (unpaired) electrons. The minimum absolute atomic E-state index is 0.0661. The van der Waals surface area contributed by atoms with Crippen molar-refractivity contribution in [2.24, 2.45) is 0 Å². The third-order valence-electron chi connectivity index (χ3n) is 3.06. The zero-order valence-corrected chi connectivity index (χ0v) is 12.3. The summed E-state index contributed by atoms with van der Waals surface area (Å²) in [6.45, 7) is -0.0661. The van der Waals surface area contributed by atoms with Crippen LogP contribution in [0.15, 0.2) is 65.1 Å². The van der Waals surface area contributed by atoms with Crippen LogP contribution >= 0.6 is 15.9 Å². The molecular weight excluding hydrogens is 316 g/mol. The lowest BCUT2D eigenvalue weighted by Crippen LogP contribution is -1.99. The number of aliphatic hydroxyl groups is 1. The Labute approximate surface area is 125 Å². The summed E-state index contributed by atoms with van der Waals surface area (Å²) in [6, 6.07) is 19.9. The normalized spacial score (nSPS) is 10.7. The molecule has 4 heteroatoms. The average molecular weight is 329 g/mol. The van der Waals surface area contributed by atoms with E-state index in [1.54, 1.807) is 0 Å². The first-order valence-corrected chi connectivity index (χ1v) is 7.08. The number of benzene rings is 2. The SMILES string of the molecule is OCc1cc(-c2ccccc2)n(-c2ccc(Br)cc2)n1. The Kier molecular flexibility index (Phi) is 3.67. The highest BCUT2D eigenvalue weighted by Crippen LogP contribution is 2.24. The molecule has 100 valence electrons. The quantitative estimate of drug-likeness (QED) is 0.794. The van der Waals surface area contributed by atoms with Gasteiger partial charge in [-0.3, -0.25) is 0 Å². The number of nitrogens with zero attached hydrogens (tertiary/aromatic N) is 2. The van der Waals surface area contributed by atoms with Crippen LogP contribution in [0.25, 0.3) is 16.9 Å². The highest BCUT2D eigenvalue weighted by atomic mass is 79.9. The van der Waals surface area contributed by atoms with Gasteiger partial charge in [0.05, 0.1) is 23.7 Å². The van der Waals surface area contributed by atoms with E-state index in [4.69, 9.17) is 0 Å². The molecule has 0 aliphatic rings. The van der Waals surface area contributed by atoms with E-state index < -0.39 is 0 Å². The summed E-state index contributed by atoms with van der Waals surface area (Å²) in [4.78, 5) is 0. The maximum atomic E-state index is 9.33. The molecule has 3 nitrogen and oxygen atoms in total. The smallest absolute Gasteiger partial charge is 0.0889 e. The summed E-state index contributed by atoms with van der Waals surface area (Å²) in [5.41, 5.74) is 3.66. The van der Waals surface area contributed by atoms with Crippen LogP contribution in [0.1, 0.15) is 5.69 Å². The summed E-state index contributed by atoms with van der Waals surface area (Å²) in [7, 11) is 0. The molecule has 0 bridgehead atoms. The molecule has 0 aliphatic heterocycles.